The van der Waals surface area contributed by atoms with Crippen molar-refractivity contribution in [3.05, 3.63) is 11.8 Å². The maximum Gasteiger partial charge on any atom is 0.247 e. The molecular formula is C10H13NO2. The predicted octanol–water partition coefficient (Wildman–Crippen LogP) is 0.973. The van der Waals surface area contributed by atoms with Gasteiger partial charge in [0.15, 0.2) is 0 Å². The topological polar surface area (TPSA) is 49.3 Å². The standard InChI is InChI=1S/C10H13NO2/c12-7-4-8(13)11-10-6-2-1-5(3-6)9(7)10/h4-6,9-10,12H,1-3H2,(H,11,13)/t5-,6+,9+,10+/m1/s1. The summed E-state index contributed by atoms with van der Waals surface area (Å²) in [6.45, 7) is 0. The predicted molar refractivity (Wildman–Crippen MR) is 47.0 cm³/mol. The zero-order valence-electron chi connectivity index (χ0n) is 7.36. The van der Waals surface area contributed by atoms with E-state index in [1.807, 2.05) is 0 Å². The van der Waals surface area contributed by atoms with Gasteiger partial charge >= 0.3 is 0 Å². The van der Waals surface area contributed by atoms with E-state index in [0.29, 0.717) is 17.6 Å². The van der Waals surface area contributed by atoms with E-state index in [1.54, 1.807) is 0 Å². The number of carbonyl (C=O) groups excluding carboxylic acids is 1. The monoisotopic (exact) mass is 179 g/mol. The maximum absolute atomic E-state index is 11.1. The zero-order chi connectivity index (χ0) is 9.00. The van der Waals surface area contributed by atoms with Crippen LogP contribution in [0.1, 0.15) is 19.3 Å². The second-order valence-corrected chi connectivity index (χ2v) is 4.46. The summed E-state index contributed by atoms with van der Waals surface area (Å²) in [5.74, 6) is 1.67. The lowest BCUT2D eigenvalue weighted by Gasteiger charge is -2.33. The van der Waals surface area contributed by atoms with E-state index in [1.165, 1.54) is 25.3 Å². The van der Waals surface area contributed by atoms with Gasteiger partial charge in [0.05, 0.1) is 0 Å². The third kappa shape index (κ3) is 0.872. The van der Waals surface area contributed by atoms with E-state index in [4.69, 9.17) is 0 Å². The van der Waals surface area contributed by atoms with Crippen molar-refractivity contribution in [1.82, 2.24) is 5.32 Å². The molecule has 0 aromatic heterocycles. The fourth-order valence-corrected chi connectivity index (χ4v) is 3.36. The van der Waals surface area contributed by atoms with Gasteiger partial charge in [-0.25, -0.2) is 0 Å². The lowest BCUT2D eigenvalue weighted by molar-refractivity contribution is -0.118. The van der Waals surface area contributed by atoms with Crippen LogP contribution in [0.25, 0.3) is 0 Å². The van der Waals surface area contributed by atoms with Crippen LogP contribution in [0, 0.1) is 17.8 Å². The van der Waals surface area contributed by atoms with Crippen LogP contribution in [0.4, 0.5) is 0 Å². The number of rotatable bonds is 0. The third-order valence-electron chi connectivity index (χ3n) is 3.85. The van der Waals surface area contributed by atoms with Crippen molar-refractivity contribution in [2.24, 2.45) is 17.8 Å². The summed E-state index contributed by atoms with van der Waals surface area (Å²) in [4.78, 5) is 11.1. The smallest absolute Gasteiger partial charge is 0.247 e. The molecule has 0 aromatic rings. The van der Waals surface area contributed by atoms with E-state index in [2.05, 4.69) is 5.32 Å². The van der Waals surface area contributed by atoms with Gasteiger partial charge < -0.3 is 10.4 Å². The van der Waals surface area contributed by atoms with Crippen molar-refractivity contribution in [1.29, 1.82) is 0 Å². The number of hydrogen-bond acceptors (Lipinski definition) is 2. The highest BCUT2D eigenvalue weighted by molar-refractivity contribution is 5.89. The maximum atomic E-state index is 11.1. The minimum Gasteiger partial charge on any atom is -0.512 e. The van der Waals surface area contributed by atoms with Crippen molar-refractivity contribution >= 4 is 5.91 Å². The highest BCUT2D eigenvalue weighted by atomic mass is 16.3. The molecule has 3 nitrogen and oxygen atoms in total. The first-order valence-corrected chi connectivity index (χ1v) is 4.97. The van der Waals surface area contributed by atoms with Crippen molar-refractivity contribution in [3.63, 3.8) is 0 Å². The molecule has 70 valence electrons. The first kappa shape index (κ1) is 7.42. The van der Waals surface area contributed by atoms with E-state index >= 15 is 0 Å². The molecule has 4 atom stereocenters. The molecule has 0 aromatic carbocycles. The van der Waals surface area contributed by atoms with Crippen molar-refractivity contribution in [2.45, 2.75) is 25.3 Å². The van der Waals surface area contributed by atoms with E-state index in [9.17, 15) is 9.90 Å². The zero-order valence-corrected chi connectivity index (χ0v) is 7.36. The third-order valence-corrected chi connectivity index (χ3v) is 3.85. The van der Waals surface area contributed by atoms with Crippen molar-refractivity contribution in [3.8, 4) is 0 Å². The molecule has 1 aliphatic heterocycles. The molecule has 2 bridgehead atoms. The second kappa shape index (κ2) is 2.28. The van der Waals surface area contributed by atoms with E-state index < -0.39 is 0 Å². The van der Waals surface area contributed by atoms with Crippen LogP contribution in [-0.4, -0.2) is 17.1 Å². The van der Waals surface area contributed by atoms with Crippen LogP contribution in [0.5, 0.6) is 0 Å². The van der Waals surface area contributed by atoms with Crippen molar-refractivity contribution < 1.29 is 9.90 Å². The summed E-state index contributed by atoms with van der Waals surface area (Å²) in [7, 11) is 0. The molecule has 3 aliphatic rings. The van der Waals surface area contributed by atoms with Crippen LogP contribution in [0.15, 0.2) is 11.8 Å². The number of amides is 1. The van der Waals surface area contributed by atoms with Gasteiger partial charge in [0.2, 0.25) is 5.91 Å². The second-order valence-electron chi connectivity index (χ2n) is 4.46. The van der Waals surface area contributed by atoms with Crippen molar-refractivity contribution in [2.75, 3.05) is 0 Å². The van der Waals surface area contributed by atoms with E-state index in [-0.39, 0.29) is 17.9 Å². The molecule has 1 heterocycles. The van der Waals surface area contributed by atoms with Gasteiger partial charge in [0, 0.05) is 18.0 Å². The van der Waals surface area contributed by atoms with Crippen LogP contribution in [0.2, 0.25) is 0 Å². The molecule has 2 fully saturated rings. The molecule has 1 amide bonds. The average Bonchev–Trinajstić information content (AvgIpc) is 2.62. The summed E-state index contributed by atoms with van der Waals surface area (Å²) in [5, 5.41) is 12.6. The number of carbonyl (C=O) groups is 1. The first-order valence-electron chi connectivity index (χ1n) is 4.97. The Kier molecular flexibility index (Phi) is 1.30. The quantitative estimate of drug-likeness (QED) is 0.582. The van der Waals surface area contributed by atoms with Gasteiger partial charge in [-0.2, -0.15) is 0 Å². The number of nitrogens with one attached hydrogen (secondary N) is 1. The lowest BCUT2D eigenvalue weighted by Crippen LogP contribution is -2.47. The highest BCUT2D eigenvalue weighted by Gasteiger charge is 2.51. The Labute approximate surface area is 76.8 Å². The molecule has 3 rings (SSSR count). The minimum atomic E-state index is -0.119. The molecule has 0 radical (unpaired) electrons. The number of aliphatic hydroxyl groups excluding tert-OH is 1. The Morgan fingerprint density at radius 1 is 1.38 bits per heavy atom. The summed E-state index contributed by atoms with van der Waals surface area (Å²) >= 11 is 0. The molecular weight excluding hydrogens is 166 g/mol. The van der Waals surface area contributed by atoms with Crippen LogP contribution >= 0.6 is 0 Å². The summed E-state index contributed by atoms with van der Waals surface area (Å²) < 4.78 is 0. The Morgan fingerprint density at radius 2 is 2.15 bits per heavy atom. The fourth-order valence-electron chi connectivity index (χ4n) is 3.36. The highest BCUT2D eigenvalue weighted by Crippen LogP contribution is 2.51. The Morgan fingerprint density at radius 3 is 3.00 bits per heavy atom. The van der Waals surface area contributed by atoms with Crippen LogP contribution in [-0.2, 0) is 4.79 Å². The number of fused-ring (bicyclic) bond motifs is 5. The summed E-state index contributed by atoms with van der Waals surface area (Å²) in [6, 6.07) is 0.233. The first-order chi connectivity index (χ1) is 6.25. The van der Waals surface area contributed by atoms with Crippen LogP contribution < -0.4 is 5.32 Å². The van der Waals surface area contributed by atoms with Gasteiger partial charge in [-0.1, -0.05) is 0 Å². The van der Waals surface area contributed by atoms with Gasteiger partial charge in [0.25, 0.3) is 0 Å². The molecule has 0 spiro atoms. The fraction of sp³-hybridized carbons (Fsp3) is 0.700. The normalized spacial score (nSPS) is 47.1. The molecule has 2 aliphatic carbocycles. The molecule has 3 heteroatoms. The Balaban J connectivity index is 1.99. The number of aliphatic hydroxyl groups is 1. The Bertz CT molecular complexity index is 297. The summed E-state index contributed by atoms with van der Waals surface area (Å²) in [5.41, 5.74) is 0. The molecule has 13 heavy (non-hydrogen) atoms. The SMILES string of the molecule is O=C1C=C(O)[C@@H]2[C@@H]3CC[C@@H](C3)[C@@H]2N1. The van der Waals surface area contributed by atoms with E-state index in [0.717, 1.165) is 0 Å². The van der Waals surface area contributed by atoms with Gasteiger partial charge in [-0.15, -0.1) is 0 Å². The lowest BCUT2D eigenvalue weighted by atomic mass is 9.81. The van der Waals surface area contributed by atoms with Crippen LogP contribution in [0.3, 0.4) is 0 Å². The average molecular weight is 179 g/mol. The molecule has 2 saturated carbocycles. The van der Waals surface area contributed by atoms with Gasteiger partial charge in [-0.3, -0.25) is 4.79 Å². The van der Waals surface area contributed by atoms with Gasteiger partial charge in [-0.05, 0) is 31.1 Å². The minimum absolute atomic E-state index is 0.119. The summed E-state index contributed by atoms with van der Waals surface area (Å²) in [6.07, 6.45) is 4.98. The molecule has 0 unspecified atom stereocenters. The van der Waals surface area contributed by atoms with Gasteiger partial charge in [0.1, 0.15) is 5.76 Å². The molecule has 0 saturated heterocycles. The molecule has 2 N–H and O–H groups in total. The largest absolute Gasteiger partial charge is 0.512 e. The Hall–Kier alpha value is -0.990. The number of hydrogen-bond donors (Lipinski definition) is 2.